The lowest BCUT2D eigenvalue weighted by atomic mass is 9.96. The number of aryl methyl sites for hydroxylation is 2. The SMILES string of the molecule is C=C(C)C(=O)OCCCOc1ccc(-c2ccc(-c3ccc(OC(=O)C(=C)C)c(C)c3)c(F)c2)c(C)c1. The summed E-state index contributed by atoms with van der Waals surface area (Å²) in [6.45, 7) is 14.7. The van der Waals surface area contributed by atoms with Gasteiger partial charge in [0.15, 0.2) is 0 Å². The first-order chi connectivity index (χ1) is 17.6. The van der Waals surface area contributed by atoms with Gasteiger partial charge in [0.05, 0.1) is 13.2 Å². The Labute approximate surface area is 217 Å². The summed E-state index contributed by atoms with van der Waals surface area (Å²) in [7, 11) is 0. The van der Waals surface area contributed by atoms with E-state index in [9.17, 15) is 9.59 Å². The van der Waals surface area contributed by atoms with Gasteiger partial charge in [-0.2, -0.15) is 0 Å². The number of halogens is 1. The molecule has 5 nitrogen and oxygen atoms in total. The van der Waals surface area contributed by atoms with Crippen molar-refractivity contribution < 1.29 is 28.2 Å². The van der Waals surface area contributed by atoms with E-state index in [0.29, 0.717) is 46.8 Å². The molecule has 0 radical (unpaired) electrons. The molecule has 3 aromatic rings. The Morgan fingerprint density at radius 3 is 2.05 bits per heavy atom. The molecule has 0 aliphatic carbocycles. The fraction of sp³-hybridized carbons (Fsp3) is 0.226. The number of carbonyl (C=O) groups excluding carboxylic acids is 2. The molecule has 0 bridgehead atoms. The van der Waals surface area contributed by atoms with Crippen molar-refractivity contribution in [2.75, 3.05) is 13.2 Å². The molecule has 3 aromatic carbocycles. The zero-order chi connectivity index (χ0) is 27.1. The molecule has 3 rings (SSSR count). The first-order valence-corrected chi connectivity index (χ1v) is 11.9. The van der Waals surface area contributed by atoms with Crippen molar-refractivity contribution in [3.63, 3.8) is 0 Å². The fourth-order valence-corrected chi connectivity index (χ4v) is 3.62. The zero-order valence-corrected chi connectivity index (χ0v) is 21.7. The normalized spacial score (nSPS) is 10.5. The van der Waals surface area contributed by atoms with E-state index >= 15 is 4.39 Å². The summed E-state index contributed by atoms with van der Waals surface area (Å²) in [4.78, 5) is 23.2. The quantitative estimate of drug-likeness (QED) is 0.128. The van der Waals surface area contributed by atoms with E-state index in [4.69, 9.17) is 14.2 Å². The van der Waals surface area contributed by atoms with E-state index in [-0.39, 0.29) is 12.4 Å². The van der Waals surface area contributed by atoms with E-state index in [1.807, 2.05) is 31.2 Å². The maximum Gasteiger partial charge on any atom is 0.338 e. The van der Waals surface area contributed by atoms with Crippen LogP contribution in [-0.4, -0.2) is 25.2 Å². The molecule has 0 heterocycles. The first-order valence-electron chi connectivity index (χ1n) is 11.9. The predicted octanol–water partition coefficient (Wildman–Crippen LogP) is 7.15. The third-order valence-electron chi connectivity index (χ3n) is 5.65. The molecule has 37 heavy (non-hydrogen) atoms. The molecule has 0 aliphatic rings. The molecule has 0 spiro atoms. The predicted molar refractivity (Wildman–Crippen MR) is 143 cm³/mol. The van der Waals surface area contributed by atoms with Crippen LogP contribution >= 0.6 is 0 Å². The molecular formula is C31H31FO5. The van der Waals surface area contributed by atoms with Crippen LogP contribution in [0.25, 0.3) is 22.3 Å². The van der Waals surface area contributed by atoms with Gasteiger partial charge in [0, 0.05) is 23.1 Å². The minimum Gasteiger partial charge on any atom is -0.493 e. The monoisotopic (exact) mass is 502 g/mol. The molecule has 192 valence electrons. The van der Waals surface area contributed by atoms with Crippen molar-refractivity contribution in [2.24, 2.45) is 0 Å². The third-order valence-corrected chi connectivity index (χ3v) is 5.65. The summed E-state index contributed by atoms with van der Waals surface area (Å²) in [5.74, 6) is -0.156. The van der Waals surface area contributed by atoms with Crippen LogP contribution < -0.4 is 9.47 Å². The third kappa shape index (κ3) is 7.17. The molecule has 0 saturated carbocycles. The standard InChI is InChI=1S/C31H31FO5/c1-19(2)30(33)36-15-7-14-35-25-10-12-26(21(5)17-25)24-8-11-27(28(32)18-24)23-9-13-29(22(6)16-23)37-31(34)20(3)4/h8-13,16-18H,1,3,7,14-15H2,2,4-6H3. The molecule has 0 aliphatic heterocycles. The fourth-order valence-electron chi connectivity index (χ4n) is 3.62. The number of benzene rings is 3. The van der Waals surface area contributed by atoms with E-state index in [1.54, 1.807) is 45.0 Å². The summed E-state index contributed by atoms with van der Waals surface area (Å²) in [5, 5.41) is 0. The van der Waals surface area contributed by atoms with Crippen LogP contribution in [-0.2, 0) is 14.3 Å². The van der Waals surface area contributed by atoms with E-state index in [0.717, 1.165) is 22.3 Å². The second-order valence-corrected chi connectivity index (χ2v) is 8.94. The van der Waals surface area contributed by atoms with Crippen LogP contribution in [0.1, 0.15) is 31.4 Å². The van der Waals surface area contributed by atoms with Gasteiger partial charge < -0.3 is 14.2 Å². The molecule has 0 atom stereocenters. The minimum absolute atomic E-state index is 0.260. The Bertz CT molecular complexity index is 1360. The molecule has 0 saturated heterocycles. The van der Waals surface area contributed by atoms with Crippen molar-refractivity contribution in [2.45, 2.75) is 34.1 Å². The van der Waals surface area contributed by atoms with E-state index in [2.05, 4.69) is 13.2 Å². The maximum absolute atomic E-state index is 15.2. The van der Waals surface area contributed by atoms with Gasteiger partial charge in [-0.05, 0) is 85.8 Å². The Kier molecular flexibility index (Phi) is 9.01. The second kappa shape index (κ2) is 12.2. The molecule has 0 fully saturated rings. The largest absolute Gasteiger partial charge is 0.493 e. The van der Waals surface area contributed by atoms with Crippen molar-refractivity contribution in [3.8, 4) is 33.8 Å². The van der Waals surface area contributed by atoms with Gasteiger partial charge in [-0.25, -0.2) is 14.0 Å². The van der Waals surface area contributed by atoms with Gasteiger partial charge in [0.1, 0.15) is 17.3 Å². The molecular weight excluding hydrogens is 471 g/mol. The van der Waals surface area contributed by atoms with Crippen molar-refractivity contribution >= 4 is 11.9 Å². The van der Waals surface area contributed by atoms with Crippen molar-refractivity contribution in [3.05, 3.63) is 95.8 Å². The van der Waals surface area contributed by atoms with Gasteiger partial charge in [0.2, 0.25) is 0 Å². The Morgan fingerprint density at radius 1 is 0.784 bits per heavy atom. The molecule has 0 unspecified atom stereocenters. The lowest BCUT2D eigenvalue weighted by Gasteiger charge is -2.13. The number of ether oxygens (including phenoxy) is 3. The number of esters is 2. The number of carbonyl (C=O) groups is 2. The molecule has 0 N–H and O–H groups in total. The summed E-state index contributed by atoms with van der Waals surface area (Å²) in [6.07, 6.45) is 0.559. The molecule has 6 heteroatoms. The van der Waals surface area contributed by atoms with E-state index < -0.39 is 11.9 Å². The highest BCUT2D eigenvalue weighted by Gasteiger charge is 2.13. The average Bonchev–Trinajstić information content (AvgIpc) is 2.84. The van der Waals surface area contributed by atoms with Gasteiger partial charge in [-0.15, -0.1) is 0 Å². The highest BCUT2D eigenvalue weighted by molar-refractivity contribution is 5.89. The number of rotatable bonds is 10. The van der Waals surface area contributed by atoms with Crippen molar-refractivity contribution in [1.29, 1.82) is 0 Å². The Morgan fingerprint density at radius 2 is 1.43 bits per heavy atom. The van der Waals surface area contributed by atoms with Crippen LogP contribution in [0, 0.1) is 19.7 Å². The molecule has 0 amide bonds. The highest BCUT2D eigenvalue weighted by atomic mass is 19.1. The van der Waals surface area contributed by atoms with Crippen LogP contribution in [0.2, 0.25) is 0 Å². The van der Waals surface area contributed by atoms with Gasteiger partial charge >= 0.3 is 11.9 Å². The van der Waals surface area contributed by atoms with Gasteiger partial charge in [-0.1, -0.05) is 37.4 Å². The summed E-state index contributed by atoms with van der Waals surface area (Å²) in [5.41, 5.74) is 5.12. The lowest BCUT2D eigenvalue weighted by molar-refractivity contribution is -0.139. The van der Waals surface area contributed by atoms with Crippen LogP contribution in [0.3, 0.4) is 0 Å². The Balaban J connectivity index is 1.68. The van der Waals surface area contributed by atoms with Crippen LogP contribution in [0.5, 0.6) is 11.5 Å². The summed E-state index contributed by atoms with van der Waals surface area (Å²) < 4.78 is 31.3. The Hall–Kier alpha value is -4.19. The number of hydrogen-bond acceptors (Lipinski definition) is 5. The van der Waals surface area contributed by atoms with Crippen LogP contribution in [0.15, 0.2) is 78.9 Å². The van der Waals surface area contributed by atoms with Gasteiger partial charge in [-0.3, -0.25) is 0 Å². The topological polar surface area (TPSA) is 61.8 Å². The van der Waals surface area contributed by atoms with Crippen molar-refractivity contribution in [1.82, 2.24) is 0 Å². The lowest BCUT2D eigenvalue weighted by Crippen LogP contribution is -2.09. The highest BCUT2D eigenvalue weighted by Crippen LogP contribution is 2.33. The zero-order valence-electron chi connectivity index (χ0n) is 21.7. The summed E-state index contributed by atoms with van der Waals surface area (Å²) >= 11 is 0. The van der Waals surface area contributed by atoms with Crippen LogP contribution in [0.4, 0.5) is 4.39 Å². The van der Waals surface area contributed by atoms with Gasteiger partial charge in [0.25, 0.3) is 0 Å². The average molecular weight is 503 g/mol. The smallest absolute Gasteiger partial charge is 0.338 e. The van der Waals surface area contributed by atoms with E-state index in [1.165, 1.54) is 6.07 Å². The molecule has 0 aromatic heterocycles. The maximum atomic E-state index is 15.2. The second-order valence-electron chi connectivity index (χ2n) is 8.94. The minimum atomic E-state index is -0.498. The number of hydrogen-bond donors (Lipinski definition) is 0. The first kappa shape index (κ1) is 27.4. The summed E-state index contributed by atoms with van der Waals surface area (Å²) in [6, 6.07) is 15.9.